The smallest absolute Gasteiger partial charge is 0.165 e. The number of ether oxygens (including phenoxy) is 1. The van der Waals surface area contributed by atoms with Crippen molar-refractivity contribution in [3.8, 4) is 17.0 Å². The summed E-state index contributed by atoms with van der Waals surface area (Å²) in [7, 11) is 3.25. The Morgan fingerprint density at radius 2 is 2.16 bits per heavy atom. The second-order valence-corrected chi connectivity index (χ2v) is 4.44. The Bertz CT molecular complexity index is 593. The van der Waals surface area contributed by atoms with Crippen LogP contribution in [-0.2, 0) is 13.5 Å². The monoisotopic (exact) mass is 263 g/mol. The number of hydrogen-bond donors (Lipinski definition) is 1. The van der Waals surface area contributed by atoms with Crippen LogP contribution in [0.4, 0.5) is 10.2 Å². The number of nitrogens with zero attached hydrogens (tertiary/aromatic N) is 2. The van der Waals surface area contributed by atoms with Gasteiger partial charge in [-0.25, -0.2) is 4.39 Å². The van der Waals surface area contributed by atoms with Gasteiger partial charge in [0.1, 0.15) is 5.82 Å². The minimum Gasteiger partial charge on any atom is -0.494 e. The van der Waals surface area contributed by atoms with E-state index in [1.165, 1.54) is 13.2 Å². The van der Waals surface area contributed by atoms with Gasteiger partial charge in [0.25, 0.3) is 0 Å². The molecule has 0 spiro atoms. The highest BCUT2D eigenvalue weighted by atomic mass is 19.1. The Balaban J connectivity index is 2.55. The van der Waals surface area contributed by atoms with E-state index in [-0.39, 0.29) is 11.6 Å². The maximum absolute atomic E-state index is 13.4. The molecule has 0 aliphatic carbocycles. The predicted octanol–water partition coefficient (Wildman–Crippen LogP) is 2.77. The van der Waals surface area contributed by atoms with Gasteiger partial charge in [0.15, 0.2) is 11.6 Å². The highest BCUT2D eigenvalue weighted by Gasteiger charge is 2.16. The quantitative estimate of drug-likeness (QED) is 0.922. The average Bonchev–Trinajstić information content (AvgIpc) is 2.68. The number of aryl methyl sites for hydroxylation is 1. The number of nitrogens with two attached hydrogens (primary N) is 1. The Labute approximate surface area is 112 Å². The van der Waals surface area contributed by atoms with Gasteiger partial charge in [-0.05, 0) is 24.6 Å². The number of methoxy groups -OCH3 is 1. The second-order valence-electron chi connectivity index (χ2n) is 4.44. The topological polar surface area (TPSA) is 53.1 Å². The van der Waals surface area contributed by atoms with Gasteiger partial charge in [0.05, 0.1) is 12.8 Å². The molecular formula is C14H18FN3O. The van der Waals surface area contributed by atoms with Crippen LogP contribution in [0.25, 0.3) is 11.3 Å². The zero-order valence-electron chi connectivity index (χ0n) is 11.4. The number of hydrogen-bond acceptors (Lipinski definition) is 3. The molecule has 5 heteroatoms. The van der Waals surface area contributed by atoms with Crippen molar-refractivity contribution in [1.82, 2.24) is 9.78 Å². The molecular weight excluding hydrogens is 245 g/mol. The number of aromatic nitrogens is 2. The molecule has 19 heavy (non-hydrogen) atoms. The van der Waals surface area contributed by atoms with Gasteiger partial charge >= 0.3 is 0 Å². The highest BCUT2D eigenvalue weighted by molar-refractivity contribution is 5.69. The van der Waals surface area contributed by atoms with Gasteiger partial charge < -0.3 is 10.5 Å². The van der Waals surface area contributed by atoms with Crippen LogP contribution in [0, 0.1) is 5.82 Å². The lowest BCUT2D eigenvalue weighted by atomic mass is 10.0. The summed E-state index contributed by atoms with van der Waals surface area (Å²) >= 11 is 0. The zero-order chi connectivity index (χ0) is 14.0. The average molecular weight is 263 g/mol. The van der Waals surface area contributed by atoms with Crippen molar-refractivity contribution < 1.29 is 9.13 Å². The summed E-state index contributed by atoms with van der Waals surface area (Å²) in [6.07, 6.45) is 1.82. The van der Waals surface area contributed by atoms with Gasteiger partial charge in [0.2, 0.25) is 0 Å². The third-order valence-corrected chi connectivity index (χ3v) is 3.12. The molecule has 1 aromatic carbocycles. The molecule has 2 aromatic rings. The van der Waals surface area contributed by atoms with Crippen molar-refractivity contribution >= 4 is 5.82 Å². The molecule has 0 atom stereocenters. The lowest BCUT2D eigenvalue weighted by molar-refractivity contribution is 0.387. The minimum absolute atomic E-state index is 0.212. The van der Waals surface area contributed by atoms with Crippen LogP contribution in [0.5, 0.6) is 5.75 Å². The number of halogens is 1. The molecule has 2 rings (SSSR count). The first kappa shape index (κ1) is 13.4. The van der Waals surface area contributed by atoms with Crippen molar-refractivity contribution in [1.29, 1.82) is 0 Å². The lowest BCUT2D eigenvalue weighted by Gasteiger charge is -2.06. The van der Waals surface area contributed by atoms with Crippen molar-refractivity contribution in [2.24, 2.45) is 7.05 Å². The van der Waals surface area contributed by atoms with Crippen molar-refractivity contribution in [3.63, 3.8) is 0 Å². The van der Waals surface area contributed by atoms with E-state index < -0.39 is 0 Å². The summed E-state index contributed by atoms with van der Waals surface area (Å²) in [5.74, 6) is 0.483. The Morgan fingerprint density at radius 1 is 1.42 bits per heavy atom. The number of rotatable bonds is 4. The molecule has 2 N–H and O–H groups in total. The molecule has 0 bridgehead atoms. The van der Waals surface area contributed by atoms with E-state index in [1.54, 1.807) is 23.9 Å². The third-order valence-electron chi connectivity index (χ3n) is 3.12. The first-order valence-corrected chi connectivity index (χ1v) is 6.23. The summed E-state index contributed by atoms with van der Waals surface area (Å²) in [6, 6.07) is 4.73. The normalized spacial score (nSPS) is 10.7. The third kappa shape index (κ3) is 2.41. The summed E-state index contributed by atoms with van der Waals surface area (Å²) in [6.45, 7) is 2.08. The van der Waals surface area contributed by atoms with E-state index in [4.69, 9.17) is 10.5 Å². The summed E-state index contributed by atoms with van der Waals surface area (Å²) in [5, 5.41) is 4.42. The molecule has 4 nitrogen and oxygen atoms in total. The molecule has 102 valence electrons. The molecule has 1 aromatic heterocycles. The van der Waals surface area contributed by atoms with E-state index in [9.17, 15) is 4.39 Å². The van der Waals surface area contributed by atoms with Crippen molar-refractivity contribution in [2.75, 3.05) is 12.8 Å². The molecule has 0 unspecified atom stereocenters. The fourth-order valence-corrected chi connectivity index (χ4v) is 2.12. The number of anilines is 1. The van der Waals surface area contributed by atoms with E-state index in [0.717, 1.165) is 29.7 Å². The van der Waals surface area contributed by atoms with Gasteiger partial charge in [-0.1, -0.05) is 13.3 Å². The first-order valence-electron chi connectivity index (χ1n) is 6.23. The molecule has 0 aliphatic heterocycles. The van der Waals surface area contributed by atoms with Crippen LogP contribution in [-0.4, -0.2) is 16.9 Å². The molecule has 0 saturated heterocycles. The zero-order valence-corrected chi connectivity index (χ0v) is 11.4. The maximum Gasteiger partial charge on any atom is 0.165 e. The van der Waals surface area contributed by atoms with Gasteiger partial charge in [-0.2, -0.15) is 5.10 Å². The molecule has 0 amide bonds. The van der Waals surface area contributed by atoms with Crippen LogP contribution in [0.3, 0.4) is 0 Å². The predicted molar refractivity (Wildman–Crippen MR) is 73.6 cm³/mol. The fourth-order valence-electron chi connectivity index (χ4n) is 2.12. The van der Waals surface area contributed by atoms with Gasteiger partial charge in [-0.15, -0.1) is 0 Å². The summed E-state index contributed by atoms with van der Waals surface area (Å²) in [5.41, 5.74) is 8.63. The van der Waals surface area contributed by atoms with Gasteiger partial charge in [-0.3, -0.25) is 4.68 Å². The number of benzene rings is 1. The van der Waals surface area contributed by atoms with Crippen molar-refractivity contribution in [3.05, 3.63) is 29.6 Å². The second kappa shape index (κ2) is 5.30. The van der Waals surface area contributed by atoms with E-state index in [2.05, 4.69) is 12.0 Å². The first-order chi connectivity index (χ1) is 9.08. The largest absolute Gasteiger partial charge is 0.494 e. The summed E-state index contributed by atoms with van der Waals surface area (Å²) in [4.78, 5) is 0. The Kier molecular flexibility index (Phi) is 3.74. The Hall–Kier alpha value is -2.04. The van der Waals surface area contributed by atoms with Gasteiger partial charge in [0, 0.05) is 18.2 Å². The SMILES string of the molecule is CCCc1c(-c2ccc(F)c(OC)c2)nn(C)c1N. The minimum atomic E-state index is -0.382. The number of nitrogen functional groups attached to an aromatic ring is 1. The molecule has 0 fully saturated rings. The Morgan fingerprint density at radius 3 is 2.79 bits per heavy atom. The lowest BCUT2D eigenvalue weighted by Crippen LogP contribution is -1.99. The summed E-state index contributed by atoms with van der Waals surface area (Å²) < 4.78 is 20.1. The highest BCUT2D eigenvalue weighted by Crippen LogP contribution is 2.31. The van der Waals surface area contributed by atoms with Crippen LogP contribution >= 0.6 is 0 Å². The van der Waals surface area contributed by atoms with Crippen molar-refractivity contribution in [2.45, 2.75) is 19.8 Å². The van der Waals surface area contributed by atoms with Crippen LogP contribution in [0.1, 0.15) is 18.9 Å². The maximum atomic E-state index is 13.4. The van der Waals surface area contributed by atoms with Crippen LogP contribution in [0.15, 0.2) is 18.2 Å². The fraction of sp³-hybridized carbons (Fsp3) is 0.357. The van der Waals surface area contributed by atoms with E-state index in [0.29, 0.717) is 5.82 Å². The molecule has 1 heterocycles. The molecule has 0 aliphatic rings. The molecule has 0 saturated carbocycles. The van der Waals surface area contributed by atoms with E-state index >= 15 is 0 Å². The molecule has 0 radical (unpaired) electrons. The standard InChI is InChI=1S/C14H18FN3O/c1-4-5-10-13(17-18(2)14(10)16)9-6-7-11(15)12(8-9)19-3/h6-8H,4-5,16H2,1-3H3. The van der Waals surface area contributed by atoms with Crippen LogP contribution in [0.2, 0.25) is 0 Å². The van der Waals surface area contributed by atoms with Crippen LogP contribution < -0.4 is 10.5 Å². The van der Waals surface area contributed by atoms with E-state index in [1.807, 2.05) is 0 Å².